The molecule has 1 saturated carbocycles. The SMILES string of the molecule is CCc1ccccc1NC(=O)CC(C)NCC(O)C1CCCC1. The van der Waals surface area contributed by atoms with Crippen molar-refractivity contribution < 1.29 is 9.90 Å². The molecule has 1 aliphatic rings. The number of carbonyl (C=O) groups excluding carboxylic acids is 1. The maximum atomic E-state index is 12.2. The van der Waals surface area contributed by atoms with E-state index in [-0.39, 0.29) is 18.1 Å². The molecule has 3 N–H and O–H groups in total. The largest absolute Gasteiger partial charge is 0.392 e. The minimum atomic E-state index is -0.288. The number of hydrogen-bond acceptors (Lipinski definition) is 3. The molecular weight excluding hydrogens is 288 g/mol. The summed E-state index contributed by atoms with van der Waals surface area (Å²) in [5, 5.41) is 16.5. The summed E-state index contributed by atoms with van der Waals surface area (Å²) in [6, 6.07) is 7.96. The molecule has 0 aliphatic heterocycles. The van der Waals surface area contributed by atoms with Crippen molar-refractivity contribution in [2.75, 3.05) is 11.9 Å². The summed E-state index contributed by atoms with van der Waals surface area (Å²) in [5.74, 6) is 0.446. The Morgan fingerprint density at radius 2 is 2.00 bits per heavy atom. The Morgan fingerprint density at radius 1 is 1.30 bits per heavy atom. The first kappa shape index (κ1) is 18.0. The van der Waals surface area contributed by atoms with Gasteiger partial charge in [-0.25, -0.2) is 0 Å². The first-order chi connectivity index (χ1) is 11.1. The number of rotatable bonds is 8. The lowest BCUT2D eigenvalue weighted by atomic mass is 10.0. The number of benzene rings is 1. The van der Waals surface area contributed by atoms with Gasteiger partial charge in [0.1, 0.15) is 0 Å². The average Bonchev–Trinajstić information content (AvgIpc) is 3.07. The van der Waals surface area contributed by atoms with Crippen molar-refractivity contribution in [2.45, 2.75) is 64.5 Å². The van der Waals surface area contributed by atoms with Crippen LogP contribution in [0, 0.1) is 5.92 Å². The van der Waals surface area contributed by atoms with E-state index in [0.29, 0.717) is 18.9 Å². The van der Waals surface area contributed by atoms with Crippen LogP contribution in [0.25, 0.3) is 0 Å². The Balaban J connectivity index is 1.73. The van der Waals surface area contributed by atoms with Crippen molar-refractivity contribution in [1.29, 1.82) is 0 Å². The molecule has 1 aromatic carbocycles. The monoisotopic (exact) mass is 318 g/mol. The molecule has 0 heterocycles. The third kappa shape index (κ3) is 5.63. The van der Waals surface area contributed by atoms with E-state index in [9.17, 15) is 9.90 Å². The van der Waals surface area contributed by atoms with Crippen LogP contribution in [0.2, 0.25) is 0 Å². The van der Waals surface area contributed by atoms with Gasteiger partial charge < -0.3 is 15.7 Å². The van der Waals surface area contributed by atoms with Crippen LogP contribution in [0.15, 0.2) is 24.3 Å². The second-order valence-electron chi connectivity index (χ2n) is 6.68. The molecule has 2 unspecified atom stereocenters. The molecular formula is C19H30N2O2. The van der Waals surface area contributed by atoms with Gasteiger partial charge >= 0.3 is 0 Å². The highest BCUT2D eigenvalue weighted by atomic mass is 16.3. The number of aliphatic hydroxyl groups excluding tert-OH is 1. The predicted octanol–water partition coefficient (Wildman–Crippen LogP) is 3.11. The number of hydrogen-bond donors (Lipinski definition) is 3. The molecule has 0 radical (unpaired) electrons. The molecule has 128 valence electrons. The van der Waals surface area contributed by atoms with Crippen molar-refractivity contribution in [3.63, 3.8) is 0 Å². The van der Waals surface area contributed by atoms with Crippen molar-refractivity contribution in [2.24, 2.45) is 5.92 Å². The van der Waals surface area contributed by atoms with Crippen LogP contribution in [0.3, 0.4) is 0 Å². The van der Waals surface area contributed by atoms with Gasteiger partial charge in [-0.05, 0) is 43.7 Å². The molecule has 2 atom stereocenters. The van der Waals surface area contributed by atoms with Gasteiger partial charge in [-0.15, -0.1) is 0 Å². The van der Waals surface area contributed by atoms with Gasteiger partial charge in [-0.1, -0.05) is 38.0 Å². The van der Waals surface area contributed by atoms with E-state index < -0.39 is 0 Å². The maximum Gasteiger partial charge on any atom is 0.225 e. The molecule has 0 spiro atoms. The Bertz CT molecular complexity index is 498. The van der Waals surface area contributed by atoms with E-state index in [4.69, 9.17) is 0 Å². The Labute approximate surface area is 139 Å². The van der Waals surface area contributed by atoms with Crippen LogP contribution >= 0.6 is 0 Å². The molecule has 0 saturated heterocycles. The lowest BCUT2D eigenvalue weighted by Gasteiger charge is -2.21. The Hall–Kier alpha value is -1.39. The highest BCUT2D eigenvalue weighted by molar-refractivity contribution is 5.91. The topological polar surface area (TPSA) is 61.4 Å². The summed E-state index contributed by atoms with van der Waals surface area (Å²) < 4.78 is 0. The van der Waals surface area contributed by atoms with E-state index in [1.54, 1.807) is 0 Å². The summed E-state index contributed by atoms with van der Waals surface area (Å²) in [7, 11) is 0. The van der Waals surface area contributed by atoms with Gasteiger partial charge in [-0.2, -0.15) is 0 Å². The number of aliphatic hydroxyl groups is 1. The number of carbonyl (C=O) groups is 1. The summed E-state index contributed by atoms with van der Waals surface area (Å²) in [5.41, 5.74) is 2.05. The fraction of sp³-hybridized carbons (Fsp3) is 0.632. The van der Waals surface area contributed by atoms with Crippen LogP contribution < -0.4 is 10.6 Å². The number of aryl methyl sites for hydroxylation is 1. The van der Waals surface area contributed by atoms with E-state index in [1.807, 2.05) is 31.2 Å². The van der Waals surface area contributed by atoms with E-state index >= 15 is 0 Å². The standard InChI is InChI=1S/C19H30N2O2/c1-3-15-8-6-7-11-17(15)21-19(23)12-14(2)20-13-18(22)16-9-4-5-10-16/h6-8,11,14,16,18,20,22H,3-5,9-10,12-13H2,1-2H3,(H,21,23). The zero-order valence-corrected chi connectivity index (χ0v) is 14.3. The smallest absolute Gasteiger partial charge is 0.225 e. The molecule has 23 heavy (non-hydrogen) atoms. The highest BCUT2D eigenvalue weighted by Gasteiger charge is 2.23. The second-order valence-corrected chi connectivity index (χ2v) is 6.68. The molecule has 1 fully saturated rings. The van der Waals surface area contributed by atoms with Crippen LogP contribution in [0.5, 0.6) is 0 Å². The minimum Gasteiger partial charge on any atom is -0.392 e. The van der Waals surface area contributed by atoms with Gasteiger partial charge in [0, 0.05) is 24.7 Å². The van der Waals surface area contributed by atoms with Gasteiger partial charge in [0.25, 0.3) is 0 Å². The highest BCUT2D eigenvalue weighted by Crippen LogP contribution is 2.27. The summed E-state index contributed by atoms with van der Waals surface area (Å²) >= 11 is 0. The van der Waals surface area contributed by atoms with Crippen molar-refractivity contribution in [3.8, 4) is 0 Å². The van der Waals surface area contributed by atoms with Gasteiger partial charge in [0.15, 0.2) is 0 Å². The van der Waals surface area contributed by atoms with Gasteiger partial charge in [0.05, 0.1) is 6.10 Å². The first-order valence-electron chi connectivity index (χ1n) is 8.89. The van der Waals surface area contributed by atoms with Crippen molar-refractivity contribution >= 4 is 11.6 Å². The van der Waals surface area contributed by atoms with Crippen LogP contribution in [-0.4, -0.2) is 29.7 Å². The third-order valence-electron chi connectivity index (χ3n) is 4.78. The lowest BCUT2D eigenvalue weighted by Crippen LogP contribution is -2.38. The van der Waals surface area contributed by atoms with E-state index in [0.717, 1.165) is 30.5 Å². The quantitative estimate of drug-likeness (QED) is 0.690. The minimum absolute atomic E-state index is 0.0151. The number of amides is 1. The van der Waals surface area contributed by atoms with E-state index in [2.05, 4.69) is 17.6 Å². The van der Waals surface area contributed by atoms with Crippen molar-refractivity contribution in [1.82, 2.24) is 5.32 Å². The first-order valence-corrected chi connectivity index (χ1v) is 8.89. The normalized spacial score (nSPS) is 17.9. The summed E-state index contributed by atoms with van der Waals surface area (Å²) in [6.07, 6.45) is 5.75. The molecule has 0 aromatic heterocycles. The molecule has 4 nitrogen and oxygen atoms in total. The molecule has 1 amide bonds. The molecule has 0 bridgehead atoms. The number of anilines is 1. The predicted molar refractivity (Wildman–Crippen MR) is 94.5 cm³/mol. The molecule has 4 heteroatoms. The summed E-state index contributed by atoms with van der Waals surface area (Å²) in [4.78, 5) is 12.2. The zero-order chi connectivity index (χ0) is 16.7. The fourth-order valence-corrected chi connectivity index (χ4v) is 3.33. The van der Waals surface area contributed by atoms with Crippen LogP contribution in [-0.2, 0) is 11.2 Å². The Morgan fingerprint density at radius 3 is 2.70 bits per heavy atom. The molecule has 1 aromatic rings. The maximum absolute atomic E-state index is 12.2. The van der Waals surface area contributed by atoms with Gasteiger partial charge in [0.2, 0.25) is 5.91 Å². The number of para-hydroxylation sites is 1. The molecule has 1 aliphatic carbocycles. The van der Waals surface area contributed by atoms with Gasteiger partial charge in [-0.3, -0.25) is 4.79 Å². The van der Waals surface area contributed by atoms with E-state index in [1.165, 1.54) is 12.8 Å². The fourth-order valence-electron chi connectivity index (χ4n) is 3.33. The lowest BCUT2D eigenvalue weighted by molar-refractivity contribution is -0.116. The third-order valence-corrected chi connectivity index (χ3v) is 4.78. The Kier molecular flexibility index (Phi) is 7.06. The van der Waals surface area contributed by atoms with Crippen LogP contribution in [0.1, 0.15) is 51.5 Å². The number of nitrogens with one attached hydrogen (secondary N) is 2. The molecule has 2 rings (SSSR count). The average molecular weight is 318 g/mol. The second kappa shape index (κ2) is 9.04. The summed E-state index contributed by atoms with van der Waals surface area (Å²) in [6.45, 7) is 4.65. The van der Waals surface area contributed by atoms with Crippen molar-refractivity contribution in [3.05, 3.63) is 29.8 Å². The zero-order valence-electron chi connectivity index (χ0n) is 14.3. The van der Waals surface area contributed by atoms with Crippen LogP contribution in [0.4, 0.5) is 5.69 Å².